The lowest BCUT2D eigenvalue weighted by Gasteiger charge is -2.10. The summed E-state index contributed by atoms with van der Waals surface area (Å²) in [7, 11) is 1.99. The van der Waals surface area contributed by atoms with Gasteiger partial charge in [-0.25, -0.2) is 0 Å². The van der Waals surface area contributed by atoms with Gasteiger partial charge in [0.1, 0.15) is 0 Å². The molecule has 3 aromatic rings. The Labute approximate surface area is 132 Å². The van der Waals surface area contributed by atoms with Gasteiger partial charge in [-0.1, -0.05) is 25.1 Å². The quantitative estimate of drug-likeness (QED) is 0.788. The molecule has 0 unspecified atom stereocenters. The van der Waals surface area contributed by atoms with Crippen molar-refractivity contribution in [2.45, 2.75) is 26.4 Å². The van der Waals surface area contributed by atoms with Gasteiger partial charge in [-0.3, -0.25) is 4.68 Å². The van der Waals surface area contributed by atoms with E-state index >= 15 is 0 Å². The van der Waals surface area contributed by atoms with Crippen LogP contribution in [0, 0.1) is 0 Å². The van der Waals surface area contributed by atoms with Crippen LogP contribution in [0.2, 0.25) is 0 Å². The molecule has 110 valence electrons. The lowest BCUT2D eigenvalue weighted by atomic mass is 10.1. The molecule has 0 atom stereocenters. The molecular formula is C16H19BrN4. The van der Waals surface area contributed by atoms with E-state index in [1.165, 1.54) is 22.2 Å². The average Bonchev–Trinajstić information content (AvgIpc) is 3.03. The number of hydrogen-bond donors (Lipinski definition) is 1. The van der Waals surface area contributed by atoms with E-state index in [-0.39, 0.29) is 0 Å². The SMILES string of the molecule is CCc1nn(C)c(Cn2ccc3cccc(CN)c32)c1Br. The molecule has 3 rings (SSSR count). The molecule has 0 spiro atoms. The maximum absolute atomic E-state index is 5.88. The number of nitrogens with zero attached hydrogens (tertiary/aromatic N) is 3. The zero-order valence-corrected chi connectivity index (χ0v) is 13.9. The maximum Gasteiger partial charge on any atom is 0.0767 e. The zero-order chi connectivity index (χ0) is 15.0. The fourth-order valence-corrected chi connectivity index (χ4v) is 3.53. The Morgan fingerprint density at radius 3 is 2.76 bits per heavy atom. The maximum atomic E-state index is 5.88. The van der Waals surface area contributed by atoms with Crippen LogP contribution in [0.25, 0.3) is 10.9 Å². The van der Waals surface area contributed by atoms with Crippen LogP contribution in [0.15, 0.2) is 34.9 Å². The summed E-state index contributed by atoms with van der Waals surface area (Å²) in [5, 5.41) is 5.79. The summed E-state index contributed by atoms with van der Waals surface area (Å²) in [5.74, 6) is 0. The molecular weight excluding hydrogens is 328 g/mol. The molecule has 0 fully saturated rings. The van der Waals surface area contributed by atoms with Gasteiger partial charge in [0.25, 0.3) is 0 Å². The third-order valence-electron chi connectivity index (χ3n) is 3.92. The molecule has 4 nitrogen and oxygen atoms in total. The fourth-order valence-electron chi connectivity index (χ4n) is 2.79. The standard InChI is InChI=1S/C16H19BrN4/c1-3-13-15(17)14(20(2)19-13)10-21-8-7-11-5-4-6-12(9-18)16(11)21/h4-8H,3,9-10,18H2,1-2H3. The summed E-state index contributed by atoms with van der Waals surface area (Å²) in [4.78, 5) is 0. The summed E-state index contributed by atoms with van der Waals surface area (Å²) in [5.41, 5.74) is 10.5. The highest BCUT2D eigenvalue weighted by atomic mass is 79.9. The minimum atomic E-state index is 0.550. The third-order valence-corrected chi connectivity index (χ3v) is 4.83. The van der Waals surface area contributed by atoms with Crippen LogP contribution in [0.3, 0.4) is 0 Å². The highest BCUT2D eigenvalue weighted by molar-refractivity contribution is 9.10. The Bertz CT molecular complexity index is 785. The van der Waals surface area contributed by atoms with Crippen LogP contribution in [0.5, 0.6) is 0 Å². The summed E-state index contributed by atoms with van der Waals surface area (Å²) >= 11 is 3.69. The Morgan fingerprint density at radius 1 is 1.29 bits per heavy atom. The molecule has 0 amide bonds. The first-order valence-electron chi connectivity index (χ1n) is 7.12. The van der Waals surface area contributed by atoms with Gasteiger partial charge >= 0.3 is 0 Å². The Hall–Kier alpha value is -1.59. The van der Waals surface area contributed by atoms with E-state index in [9.17, 15) is 0 Å². The molecule has 0 aliphatic carbocycles. The number of aromatic nitrogens is 3. The van der Waals surface area contributed by atoms with Crippen LogP contribution in [-0.4, -0.2) is 14.3 Å². The lowest BCUT2D eigenvalue weighted by molar-refractivity contribution is 0.668. The first-order valence-corrected chi connectivity index (χ1v) is 7.92. The normalized spacial score (nSPS) is 11.4. The Balaban J connectivity index is 2.09. The van der Waals surface area contributed by atoms with Crippen LogP contribution in [-0.2, 0) is 26.6 Å². The molecule has 2 N–H and O–H groups in total. The van der Waals surface area contributed by atoms with E-state index in [2.05, 4.69) is 63.0 Å². The van der Waals surface area contributed by atoms with E-state index in [4.69, 9.17) is 5.73 Å². The summed E-state index contributed by atoms with van der Waals surface area (Å²) in [6.45, 7) is 3.45. The number of rotatable bonds is 4. The minimum absolute atomic E-state index is 0.550. The highest BCUT2D eigenvalue weighted by Gasteiger charge is 2.14. The summed E-state index contributed by atoms with van der Waals surface area (Å²) in [6.07, 6.45) is 3.05. The lowest BCUT2D eigenvalue weighted by Crippen LogP contribution is -2.07. The Kier molecular flexibility index (Phi) is 3.87. The molecule has 5 heteroatoms. The van der Waals surface area contributed by atoms with Crippen molar-refractivity contribution in [2.24, 2.45) is 12.8 Å². The van der Waals surface area contributed by atoms with E-state index in [0.29, 0.717) is 6.54 Å². The van der Waals surface area contributed by atoms with Gasteiger partial charge in [0.15, 0.2) is 0 Å². The molecule has 21 heavy (non-hydrogen) atoms. The number of benzene rings is 1. The molecule has 1 aromatic carbocycles. The van der Waals surface area contributed by atoms with Gasteiger partial charge in [0, 0.05) is 19.8 Å². The number of hydrogen-bond acceptors (Lipinski definition) is 2. The number of fused-ring (bicyclic) bond motifs is 1. The largest absolute Gasteiger partial charge is 0.341 e. The van der Waals surface area contributed by atoms with Crippen molar-refractivity contribution in [1.29, 1.82) is 0 Å². The number of para-hydroxylation sites is 1. The zero-order valence-electron chi connectivity index (χ0n) is 12.3. The third kappa shape index (κ3) is 2.40. The molecule has 0 saturated heterocycles. The van der Waals surface area contributed by atoms with E-state index in [0.717, 1.165) is 23.1 Å². The second kappa shape index (κ2) is 5.66. The van der Waals surface area contributed by atoms with Gasteiger partial charge in [0.05, 0.1) is 27.9 Å². The van der Waals surface area contributed by atoms with E-state index in [1.54, 1.807) is 0 Å². The molecule has 0 bridgehead atoms. The number of aryl methyl sites for hydroxylation is 2. The predicted molar refractivity (Wildman–Crippen MR) is 89.2 cm³/mol. The average molecular weight is 347 g/mol. The molecule has 0 radical (unpaired) electrons. The predicted octanol–water partition coefficient (Wildman–Crippen LogP) is 3.21. The molecule has 2 heterocycles. The van der Waals surface area contributed by atoms with Crippen molar-refractivity contribution in [2.75, 3.05) is 0 Å². The van der Waals surface area contributed by atoms with Crippen molar-refractivity contribution in [3.05, 3.63) is 51.9 Å². The fraction of sp³-hybridized carbons (Fsp3) is 0.312. The smallest absolute Gasteiger partial charge is 0.0767 e. The van der Waals surface area contributed by atoms with E-state index < -0.39 is 0 Å². The number of nitrogens with two attached hydrogens (primary N) is 1. The first-order chi connectivity index (χ1) is 10.2. The van der Waals surface area contributed by atoms with Crippen LogP contribution in [0.1, 0.15) is 23.9 Å². The molecule has 0 saturated carbocycles. The van der Waals surface area contributed by atoms with Crippen molar-refractivity contribution >= 4 is 26.8 Å². The van der Waals surface area contributed by atoms with Gasteiger partial charge in [-0.2, -0.15) is 5.10 Å². The van der Waals surface area contributed by atoms with Crippen molar-refractivity contribution < 1.29 is 0 Å². The monoisotopic (exact) mass is 346 g/mol. The summed E-state index contributed by atoms with van der Waals surface area (Å²) < 4.78 is 5.32. The van der Waals surface area contributed by atoms with Gasteiger partial charge in [-0.15, -0.1) is 0 Å². The molecule has 0 aliphatic rings. The summed E-state index contributed by atoms with van der Waals surface area (Å²) in [6, 6.07) is 8.42. The van der Waals surface area contributed by atoms with Gasteiger partial charge in [-0.05, 0) is 39.4 Å². The van der Waals surface area contributed by atoms with Crippen LogP contribution in [0.4, 0.5) is 0 Å². The van der Waals surface area contributed by atoms with Crippen molar-refractivity contribution in [3.63, 3.8) is 0 Å². The molecule has 2 aromatic heterocycles. The van der Waals surface area contributed by atoms with Crippen LogP contribution < -0.4 is 5.73 Å². The molecule has 0 aliphatic heterocycles. The second-order valence-electron chi connectivity index (χ2n) is 5.19. The first kappa shape index (κ1) is 14.4. The second-order valence-corrected chi connectivity index (χ2v) is 5.98. The van der Waals surface area contributed by atoms with Gasteiger partial charge < -0.3 is 10.3 Å². The Morgan fingerprint density at radius 2 is 2.10 bits per heavy atom. The van der Waals surface area contributed by atoms with Gasteiger partial charge in [0.2, 0.25) is 0 Å². The van der Waals surface area contributed by atoms with E-state index in [1.807, 2.05) is 11.7 Å². The topological polar surface area (TPSA) is 48.8 Å². The van der Waals surface area contributed by atoms with Crippen LogP contribution >= 0.6 is 15.9 Å². The van der Waals surface area contributed by atoms with Crippen molar-refractivity contribution in [1.82, 2.24) is 14.3 Å². The number of halogens is 1. The van der Waals surface area contributed by atoms with Crippen molar-refractivity contribution in [3.8, 4) is 0 Å². The minimum Gasteiger partial charge on any atom is -0.341 e. The highest BCUT2D eigenvalue weighted by Crippen LogP contribution is 2.26.